The summed E-state index contributed by atoms with van der Waals surface area (Å²) in [5, 5.41) is 14.7. The Morgan fingerprint density at radius 3 is 2.28 bits per heavy atom. The van der Waals surface area contributed by atoms with Crippen molar-refractivity contribution in [2.24, 2.45) is 5.92 Å². The van der Waals surface area contributed by atoms with Crippen molar-refractivity contribution in [3.8, 4) is 11.5 Å². The molecule has 16 nitrogen and oxygen atoms in total. The zero-order chi connectivity index (χ0) is 41.6. The maximum absolute atomic E-state index is 13.8. The Balaban J connectivity index is 1.35. The van der Waals surface area contributed by atoms with E-state index in [-0.39, 0.29) is 46.6 Å². The van der Waals surface area contributed by atoms with Crippen LogP contribution >= 0.6 is 0 Å². The number of ether oxygens (including phenoxy) is 3. The highest BCUT2D eigenvalue weighted by Crippen LogP contribution is 2.35. The number of benzene rings is 4. The summed E-state index contributed by atoms with van der Waals surface area (Å²) in [7, 11) is 2.88. The predicted molar refractivity (Wildman–Crippen MR) is 209 cm³/mol. The molecule has 0 spiro atoms. The Bertz CT molecular complexity index is 2250. The van der Waals surface area contributed by atoms with E-state index in [1.807, 2.05) is 13.0 Å². The van der Waals surface area contributed by atoms with E-state index in [0.717, 1.165) is 17.7 Å². The molecular weight excluding hydrogens is 738 g/mol. The van der Waals surface area contributed by atoms with E-state index >= 15 is 0 Å². The lowest BCUT2D eigenvalue weighted by molar-refractivity contribution is -0.384. The molecule has 0 bridgehead atoms. The predicted octanol–water partition coefficient (Wildman–Crippen LogP) is 5.86. The van der Waals surface area contributed by atoms with Gasteiger partial charge in [-0.3, -0.25) is 43.8 Å². The Kier molecular flexibility index (Phi) is 12.7. The quantitative estimate of drug-likeness (QED) is 0.0260. The number of carbonyl (C=O) groups is 6. The summed E-state index contributed by atoms with van der Waals surface area (Å²) in [6.07, 6.45) is 1.13. The summed E-state index contributed by atoms with van der Waals surface area (Å²) in [6, 6.07) is 17.7. The number of hydrogen-bond donors (Lipinski definition) is 2. The second-order valence-corrected chi connectivity index (χ2v) is 13.2. The Morgan fingerprint density at radius 2 is 1.65 bits per heavy atom. The van der Waals surface area contributed by atoms with Crippen LogP contribution in [0.3, 0.4) is 0 Å². The van der Waals surface area contributed by atoms with Gasteiger partial charge in [0.15, 0.2) is 5.78 Å². The van der Waals surface area contributed by atoms with Crippen molar-refractivity contribution in [1.82, 2.24) is 4.90 Å². The molecule has 0 radical (unpaired) electrons. The Hall–Kier alpha value is -7.10. The van der Waals surface area contributed by atoms with Crippen molar-refractivity contribution in [3.05, 3.63) is 116 Å². The minimum absolute atomic E-state index is 0.0440. The highest BCUT2D eigenvalue weighted by Gasteiger charge is 2.39. The van der Waals surface area contributed by atoms with Crippen LogP contribution in [-0.2, 0) is 9.53 Å². The molecule has 4 aromatic carbocycles. The molecule has 1 aliphatic heterocycles. The van der Waals surface area contributed by atoms with E-state index in [0.29, 0.717) is 35.8 Å². The molecule has 1 unspecified atom stereocenters. The highest BCUT2D eigenvalue weighted by atomic mass is 16.6. The molecule has 4 amide bonds. The van der Waals surface area contributed by atoms with Crippen LogP contribution in [0.5, 0.6) is 11.5 Å². The van der Waals surface area contributed by atoms with Crippen LogP contribution in [0.1, 0.15) is 84.0 Å². The number of Topliss-reactive ketones (excluding diaryl/α,β-unsaturated/α-hetero) is 1. The number of carbonyl (C=O) groups excluding carboxylic acids is 6. The molecular formula is C41H41N5O11. The third-order valence-corrected chi connectivity index (χ3v) is 9.30. The number of methoxy groups -OCH3 is 1. The smallest absolute Gasteiger partial charge is 0.308 e. The number of amides is 4. The van der Waals surface area contributed by atoms with Gasteiger partial charge in [-0.2, -0.15) is 0 Å². The highest BCUT2D eigenvalue weighted by molar-refractivity contribution is 6.24. The number of nitro groups is 1. The van der Waals surface area contributed by atoms with Gasteiger partial charge in [0, 0.05) is 12.6 Å². The lowest BCUT2D eigenvalue weighted by atomic mass is 9.98. The topological polar surface area (TPSA) is 218 Å². The molecule has 0 saturated carbocycles. The fourth-order valence-electron chi connectivity index (χ4n) is 6.29. The molecule has 1 heterocycles. The third kappa shape index (κ3) is 8.75. The van der Waals surface area contributed by atoms with Gasteiger partial charge < -0.3 is 30.2 Å². The third-order valence-electron chi connectivity index (χ3n) is 9.30. The number of rotatable bonds is 16. The molecule has 4 aromatic rings. The maximum Gasteiger partial charge on any atom is 0.308 e. The molecule has 3 N–H and O–H groups in total. The Morgan fingerprint density at radius 1 is 0.965 bits per heavy atom. The summed E-state index contributed by atoms with van der Waals surface area (Å²) in [5.74, 6) is -4.10. The van der Waals surface area contributed by atoms with Crippen LogP contribution in [0.25, 0.3) is 0 Å². The average molecular weight is 780 g/mol. The van der Waals surface area contributed by atoms with Gasteiger partial charge >= 0.3 is 11.7 Å². The molecule has 0 saturated heterocycles. The summed E-state index contributed by atoms with van der Waals surface area (Å²) >= 11 is 0. The number of ketones is 1. The number of aryl methyl sites for hydroxylation is 1. The van der Waals surface area contributed by atoms with Gasteiger partial charge in [-0.1, -0.05) is 25.1 Å². The zero-order valence-electron chi connectivity index (χ0n) is 32.0. The lowest BCUT2D eigenvalue weighted by Gasteiger charge is -2.22. The van der Waals surface area contributed by atoms with Gasteiger partial charge in [0.05, 0.1) is 65.8 Å². The van der Waals surface area contributed by atoms with Gasteiger partial charge in [-0.15, -0.1) is 0 Å². The number of esters is 1. The second kappa shape index (κ2) is 17.6. The SMILES string of the molecule is CCOC(=O)C(C)CCCOc1cc(C)ccc1N(C)C(=O)c1ccc(NC(=O)c2ccc(N)c([N+](=O)[O-])c2C(=O)CN2C(=O)c3ccccc3C2=O)c(OC)c1. The van der Waals surface area contributed by atoms with Gasteiger partial charge in [-0.25, -0.2) is 0 Å². The van der Waals surface area contributed by atoms with Crippen LogP contribution in [0.4, 0.5) is 22.7 Å². The fourth-order valence-corrected chi connectivity index (χ4v) is 6.29. The molecule has 16 heteroatoms. The molecule has 1 atom stereocenters. The summed E-state index contributed by atoms with van der Waals surface area (Å²) < 4.78 is 16.6. The van der Waals surface area contributed by atoms with Crippen LogP contribution in [0.15, 0.2) is 72.8 Å². The first kappa shape index (κ1) is 41.1. The average Bonchev–Trinajstić information content (AvgIpc) is 3.43. The number of nitrogens with one attached hydrogen (secondary N) is 1. The van der Waals surface area contributed by atoms with E-state index < -0.39 is 63.4 Å². The Labute approximate surface area is 327 Å². The van der Waals surface area contributed by atoms with Crippen molar-refractivity contribution in [2.45, 2.75) is 33.6 Å². The normalized spacial score (nSPS) is 12.4. The number of nitro benzene ring substituents is 1. The first-order valence-electron chi connectivity index (χ1n) is 17.9. The molecule has 1 aliphatic rings. The number of anilines is 3. The molecule has 0 aliphatic carbocycles. The number of nitrogen functional groups attached to an aromatic ring is 1. The number of nitrogens with two attached hydrogens (primary N) is 1. The van der Waals surface area contributed by atoms with Gasteiger partial charge in [0.1, 0.15) is 22.7 Å². The van der Waals surface area contributed by atoms with E-state index in [9.17, 15) is 38.9 Å². The standard InChI is InChI=1S/C41H41N5O11/c1-6-56-41(52)24(3)10-9-19-57-34-20-23(2)13-18-31(34)44(4)38(49)25-14-17-30(33(21-25)55-5)43-37(48)28-15-16-29(42)36(46(53)54)35(28)32(47)22-45-39(50)26-11-7-8-12-27(26)40(45)51/h7-8,11-18,20-21,24H,6,9-10,19,22,42H2,1-5H3,(H,43,48). The van der Waals surface area contributed by atoms with Crippen molar-refractivity contribution in [3.63, 3.8) is 0 Å². The number of nitrogens with zero attached hydrogens (tertiary/aromatic N) is 3. The van der Waals surface area contributed by atoms with Crippen molar-refractivity contribution in [1.29, 1.82) is 0 Å². The minimum Gasteiger partial charge on any atom is -0.495 e. The molecule has 5 rings (SSSR count). The van der Waals surface area contributed by atoms with Crippen LogP contribution < -0.4 is 25.4 Å². The number of imide groups is 1. The van der Waals surface area contributed by atoms with E-state index in [4.69, 9.17) is 19.9 Å². The maximum atomic E-state index is 13.8. The fraction of sp³-hybridized carbons (Fsp3) is 0.268. The monoisotopic (exact) mass is 779 g/mol. The summed E-state index contributed by atoms with van der Waals surface area (Å²) in [5.41, 5.74) is 5.18. The lowest BCUT2D eigenvalue weighted by Crippen LogP contribution is -2.36. The first-order chi connectivity index (χ1) is 27.2. The van der Waals surface area contributed by atoms with Crippen molar-refractivity contribution in [2.75, 3.05) is 49.9 Å². The second-order valence-electron chi connectivity index (χ2n) is 13.2. The van der Waals surface area contributed by atoms with Gasteiger partial charge in [-0.05, 0) is 86.8 Å². The summed E-state index contributed by atoms with van der Waals surface area (Å²) in [6.45, 7) is 5.13. The van der Waals surface area contributed by atoms with Crippen LogP contribution in [0, 0.1) is 23.0 Å². The van der Waals surface area contributed by atoms with E-state index in [2.05, 4.69) is 5.32 Å². The van der Waals surface area contributed by atoms with Crippen LogP contribution in [0.2, 0.25) is 0 Å². The van der Waals surface area contributed by atoms with Gasteiger partial charge in [0.2, 0.25) is 0 Å². The van der Waals surface area contributed by atoms with E-state index in [1.165, 1.54) is 42.3 Å². The first-order valence-corrected chi connectivity index (χ1v) is 17.9. The minimum atomic E-state index is -1.07. The largest absolute Gasteiger partial charge is 0.495 e. The number of fused-ring (bicyclic) bond motifs is 1. The summed E-state index contributed by atoms with van der Waals surface area (Å²) in [4.78, 5) is 92.5. The zero-order valence-corrected chi connectivity index (χ0v) is 32.0. The molecule has 0 fully saturated rings. The van der Waals surface area contributed by atoms with Gasteiger partial charge in [0.25, 0.3) is 23.6 Å². The van der Waals surface area contributed by atoms with Crippen molar-refractivity contribution < 1.29 is 47.9 Å². The van der Waals surface area contributed by atoms with Crippen molar-refractivity contribution >= 4 is 58.1 Å². The molecule has 57 heavy (non-hydrogen) atoms. The number of hydrogen-bond acceptors (Lipinski definition) is 12. The van der Waals surface area contributed by atoms with Crippen LogP contribution in [-0.4, -0.2) is 79.1 Å². The molecule has 0 aromatic heterocycles. The molecule has 296 valence electrons. The van der Waals surface area contributed by atoms with E-state index in [1.54, 1.807) is 45.2 Å².